The Morgan fingerprint density at radius 2 is 2.00 bits per heavy atom. The molecule has 2 aliphatic rings. The number of amides is 1. The second-order valence-corrected chi connectivity index (χ2v) is 9.10. The topological polar surface area (TPSA) is 82.3 Å². The predicted molar refractivity (Wildman–Crippen MR) is 136 cm³/mol. The average Bonchev–Trinajstić information content (AvgIpc) is 3.49. The van der Waals surface area contributed by atoms with Crippen LogP contribution in [0.4, 0.5) is 11.4 Å². The molecule has 1 amide bonds. The van der Waals surface area contributed by atoms with Gasteiger partial charge in [-0.2, -0.15) is 0 Å². The molecule has 2 aliphatic heterocycles. The van der Waals surface area contributed by atoms with Gasteiger partial charge in [0.15, 0.2) is 0 Å². The maximum Gasteiger partial charge on any atom is 0.257 e. The molecule has 3 aromatic rings. The number of rotatable bonds is 7. The number of aromatic amines is 1. The maximum atomic E-state index is 13.2. The van der Waals surface area contributed by atoms with E-state index < -0.39 is 0 Å². The number of hydrogen-bond donors (Lipinski definition) is 3. The SMILES string of the molecule is COCCN1CCC(Nc2ccc3c(c2)/C(=C(\c2ccc(Cl)cc2)c2ncc[nH]2)C(=O)N3)CC1. The van der Waals surface area contributed by atoms with E-state index in [2.05, 4.69) is 31.6 Å². The van der Waals surface area contributed by atoms with Crippen molar-refractivity contribution in [1.29, 1.82) is 0 Å². The molecule has 1 saturated heterocycles. The zero-order valence-corrected chi connectivity index (χ0v) is 19.9. The third kappa shape index (κ3) is 4.73. The number of piperidine rings is 1. The molecule has 0 saturated carbocycles. The lowest BCUT2D eigenvalue weighted by molar-refractivity contribution is -0.110. The van der Waals surface area contributed by atoms with E-state index in [0.717, 1.165) is 67.2 Å². The van der Waals surface area contributed by atoms with Gasteiger partial charge in [-0.15, -0.1) is 0 Å². The highest BCUT2D eigenvalue weighted by atomic mass is 35.5. The monoisotopic (exact) mass is 477 g/mol. The summed E-state index contributed by atoms with van der Waals surface area (Å²) in [5, 5.41) is 7.34. The quantitative estimate of drug-likeness (QED) is 0.436. The normalized spacial score (nSPS) is 18.0. The number of halogens is 1. The first-order valence-electron chi connectivity index (χ1n) is 11.6. The van der Waals surface area contributed by atoms with Crippen LogP contribution in [0.15, 0.2) is 54.9 Å². The lowest BCUT2D eigenvalue weighted by Gasteiger charge is -2.32. The molecule has 0 aliphatic carbocycles. The van der Waals surface area contributed by atoms with Crippen molar-refractivity contribution in [3.63, 3.8) is 0 Å². The van der Waals surface area contributed by atoms with Crippen molar-refractivity contribution in [2.45, 2.75) is 18.9 Å². The molecule has 0 unspecified atom stereocenters. The van der Waals surface area contributed by atoms with Crippen molar-refractivity contribution in [2.75, 3.05) is 44.0 Å². The standard InChI is InChI=1S/C26H28ClN5O2/c1-34-15-14-32-12-8-19(9-13-32)30-20-6-7-22-21(16-20)24(26(33)31-22)23(25-28-10-11-29-25)17-2-4-18(27)5-3-17/h2-7,10-11,16,19,30H,8-9,12-15H2,1H3,(H,28,29)(H,31,33)/b24-23-. The largest absolute Gasteiger partial charge is 0.383 e. The molecule has 2 aromatic carbocycles. The van der Waals surface area contributed by atoms with Crippen LogP contribution in [0.1, 0.15) is 29.8 Å². The molecule has 176 valence electrons. The number of methoxy groups -OCH3 is 1. The number of nitrogens with zero attached hydrogens (tertiary/aromatic N) is 2. The van der Waals surface area contributed by atoms with Crippen LogP contribution >= 0.6 is 11.6 Å². The predicted octanol–water partition coefficient (Wildman–Crippen LogP) is 4.50. The van der Waals surface area contributed by atoms with Gasteiger partial charge >= 0.3 is 0 Å². The smallest absolute Gasteiger partial charge is 0.257 e. The second-order valence-electron chi connectivity index (χ2n) is 8.66. The fourth-order valence-electron chi connectivity index (χ4n) is 4.68. The van der Waals surface area contributed by atoms with Gasteiger partial charge in [-0.05, 0) is 48.7 Å². The highest BCUT2D eigenvalue weighted by Gasteiger charge is 2.30. The molecule has 8 heteroatoms. The summed E-state index contributed by atoms with van der Waals surface area (Å²) in [4.78, 5) is 23.2. The Kier molecular flexibility index (Phi) is 6.67. The molecule has 34 heavy (non-hydrogen) atoms. The number of ether oxygens (including phenoxy) is 1. The van der Waals surface area contributed by atoms with Gasteiger partial charge in [0, 0.05) is 72.7 Å². The van der Waals surface area contributed by atoms with Crippen LogP contribution in [0.25, 0.3) is 11.1 Å². The van der Waals surface area contributed by atoms with Crippen LogP contribution < -0.4 is 10.6 Å². The minimum Gasteiger partial charge on any atom is -0.383 e. The van der Waals surface area contributed by atoms with Crippen molar-refractivity contribution < 1.29 is 9.53 Å². The first-order valence-corrected chi connectivity index (χ1v) is 11.9. The van der Waals surface area contributed by atoms with Gasteiger partial charge in [0.05, 0.1) is 12.2 Å². The van der Waals surface area contributed by atoms with E-state index in [0.29, 0.717) is 22.5 Å². The Morgan fingerprint density at radius 3 is 2.71 bits per heavy atom. The van der Waals surface area contributed by atoms with Gasteiger partial charge in [0.2, 0.25) is 0 Å². The van der Waals surface area contributed by atoms with Crippen molar-refractivity contribution in [3.8, 4) is 0 Å². The number of H-pyrrole nitrogens is 1. The van der Waals surface area contributed by atoms with E-state index in [9.17, 15) is 4.79 Å². The minimum absolute atomic E-state index is 0.139. The lowest BCUT2D eigenvalue weighted by atomic mass is 9.94. The third-order valence-electron chi connectivity index (χ3n) is 6.45. The van der Waals surface area contributed by atoms with Crippen molar-refractivity contribution >= 4 is 40.0 Å². The number of fused-ring (bicyclic) bond motifs is 1. The Balaban J connectivity index is 1.45. The maximum absolute atomic E-state index is 13.2. The van der Waals surface area contributed by atoms with Crippen molar-refractivity contribution in [3.05, 3.63) is 76.8 Å². The zero-order chi connectivity index (χ0) is 23.5. The van der Waals surface area contributed by atoms with Crippen LogP contribution in [0.3, 0.4) is 0 Å². The molecule has 0 radical (unpaired) electrons. The van der Waals surface area contributed by atoms with E-state index in [1.807, 2.05) is 36.4 Å². The molecule has 0 spiro atoms. The molecule has 1 aromatic heterocycles. The number of likely N-dealkylation sites (tertiary alicyclic amines) is 1. The summed E-state index contributed by atoms with van der Waals surface area (Å²) in [5.41, 5.74) is 4.91. The summed E-state index contributed by atoms with van der Waals surface area (Å²) in [5.74, 6) is 0.502. The van der Waals surface area contributed by atoms with Crippen LogP contribution in [0, 0.1) is 0 Å². The Hall–Kier alpha value is -3.13. The first-order chi connectivity index (χ1) is 16.6. The van der Waals surface area contributed by atoms with Gasteiger partial charge in [-0.1, -0.05) is 23.7 Å². The highest BCUT2D eigenvalue weighted by molar-refractivity contribution is 6.38. The fraction of sp³-hybridized carbons (Fsp3) is 0.308. The Morgan fingerprint density at radius 1 is 1.21 bits per heavy atom. The molecule has 3 heterocycles. The summed E-state index contributed by atoms with van der Waals surface area (Å²) in [6, 6.07) is 14.0. The molecule has 1 fully saturated rings. The molecule has 0 atom stereocenters. The van der Waals surface area contributed by atoms with Gasteiger partial charge in [-0.3, -0.25) is 4.79 Å². The average molecular weight is 478 g/mol. The number of nitrogens with one attached hydrogen (secondary N) is 3. The van der Waals surface area contributed by atoms with E-state index in [4.69, 9.17) is 16.3 Å². The number of carbonyl (C=O) groups excluding carboxylic acids is 1. The molecular weight excluding hydrogens is 450 g/mol. The minimum atomic E-state index is -0.139. The number of aromatic nitrogens is 2. The van der Waals surface area contributed by atoms with Crippen LogP contribution in [-0.2, 0) is 9.53 Å². The van der Waals surface area contributed by atoms with Crippen LogP contribution in [0.5, 0.6) is 0 Å². The van der Waals surface area contributed by atoms with E-state index in [1.54, 1.807) is 19.5 Å². The number of carbonyl (C=O) groups is 1. The van der Waals surface area contributed by atoms with Crippen molar-refractivity contribution in [1.82, 2.24) is 14.9 Å². The number of hydrogen-bond acceptors (Lipinski definition) is 5. The zero-order valence-electron chi connectivity index (χ0n) is 19.1. The van der Waals surface area contributed by atoms with Crippen molar-refractivity contribution in [2.24, 2.45) is 0 Å². The lowest BCUT2D eigenvalue weighted by Crippen LogP contribution is -2.40. The molecule has 7 nitrogen and oxygen atoms in total. The van der Waals surface area contributed by atoms with Crippen LogP contribution in [0.2, 0.25) is 5.02 Å². The van der Waals surface area contributed by atoms with E-state index in [-0.39, 0.29) is 5.91 Å². The fourth-order valence-corrected chi connectivity index (χ4v) is 4.81. The molecule has 5 rings (SSSR count). The van der Waals surface area contributed by atoms with E-state index >= 15 is 0 Å². The Labute approximate surface area is 204 Å². The molecule has 0 bridgehead atoms. The number of imidazole rings is 1. The van der Waals surface area contributed by atoms with Gasteiger partial charge < -0.3 is 25.3 Å². The summed E-state index contributed by atoms with van der Waals surface area (Å²) < 4.78 is 5.20. The van der Waals surface area contributed by atoms with Gasteiger partial charge in [0.25, 0.3) is 5.91 Å². The van der Waals surface area contributed by atoms with Gasteiger partial charge in [0.1, 0.15) is 5.82 Å². The van der Waals surface area contributed by atoms with Crippen LogP contribution in [-0.4, -0.2) is 60.2 Å². The second kappa shape index (κ2) is 10.0. The summed E-state index contributed by atoms with van der Waals surface area (Å²) in [6.07, 6.45) is 5.60. The third-order valence-corrected chi connectivity index (χ3v) is 6.70. The summed E-state index contributed by atoms with van der Waals surface area (Å²) in [7, 11) is 1.74. The number of benzene rings is 2. The first kappa shape index (κ1) is 22.7. The molecular formula is C26H28ClN5O2. The number of anilines is 2. The highest BCUT2D eigenvalue weighted by Crippen LogP contribution is 2.40. The Bertz CT molecular complexity index is 1180. The summed E-state index contributed by atoms with van der Waals surface area (Å²) in [6.45, 7) is 3.85. The van der Waals surface area contributed by atoms with Gasteiger partial charge in [-0.25, -0.2) is 4.98 Å². The molecule has 3 N–H and O–H groups in total. The summed E-state index contributed by atoms with van der Waals surface area (Å²) >= 11 is 6.12. The van der Waals surface area contributed by atoms with E-state index in [1.165, 1.54) is 0 Å².